The maximum atomic E-state index is 12.9. The fraction of sp³-hybridized carbons (Fsp3) is 0.286. The molecule has 0 saturated heterocycles. The van der Waals surface area contributed by atoms with Gasteiger partial charge < -0.3 is 8.98 Å². The third-order valence-corrected chi connectivity index (χ3v) is 7.14. The van der Waals surface area contributed by atoms with Crippen LogP contribution in [0.2, 0.25) is 0 Å². The summed E-state index contributed by atoms with van der Waals surface area (Å²) < 4.78 is 7.57. The highest BCUT2D eigenvalue weighted by Gasteiger charge is 2.18. The average Bonchev–Trinajstić information content (AvgIpc) is 3.36. The highest BCUT2D eigenvalue weighted by atomic mass is 32.2. The number of Topliss-reactive ketones (excluding diaryl/α,β-unsaturated/α-hetero) is 1. The molecule has 4 heterocycles. The molecule has 0 N–H and O–H groups in total. The number of rotatable bonds is 6. The van der Waals surface area contributed by atoms with E-state index in [9.17, 15) is 4.79 Å². The lowest BCUT2D eigenvalue weighted by atomic mass is 10.2. The van der Waals surface area contributed by atoms with Crippen molar-refractivity contribution in [3.8, 4) is 0 Å². The molecule has 0 aromatic carbocycles. The van der Waals surface area contributed by atoms with Crippen LogP contribution in [-0.4, -0.2) is 26.1 Å². The second-order valence-electron chi connectivity index (χ2n) is 6.80. The summed E-state index contributed by atoms with van der Waals surface area (Å²) >= 11 is 3.16. The van der Waals surface area contributed by atoms with Crippen LogP contribution in [0.4, 0.5) is 0 Å². The number of hydrogen-bond donors (Lipinski definition) is 0. The minimum absolute atomic E-state index is 0.111. The molecular weight excluding hydrogens is 390 g/mol. The Morgan fingerprint density at radius 2 is 2.07 bits per heavy atom. The number of carbonyl (C=O) groups excluding carboxylic acids is 1. The molecule has 0 aliphatic heterocycles. The summed E-state index contributed by atoms with van der Waals surface area (Å²) in [4.78, 5) is 24.0. The number of carbonyl (C=O) groups is 1. The van der Waals surface area contributed by atoms with Crippen molar-refractivity contribution in [1.29, 1.82) is 0 Å². The molecule has 144 valence electrons. The van der Waals surface area contributed by atoms with Crippen LogP contribution >= 0.6 is 23.1 Å². The highest BCUT2D eigenvalue weighted by molar-refractivity contribution is 8.00. The van der Waals surface area contributed by atoms with E-state index in [1.807, 2.05) is 32.0 Å². The van der Waals surface area contributed by atoms with Crippen molar-refractivity contribution >= 4 is 39.1 Å². The molecule has 4 aromatic heterocycles. The lowest BCUT2D eigenvalue weighted by Gasteiger charge is -2.08. The molecule has 7 heteroatoms. The average molecular weight is 412 g/mol. The minimum atomic E-state index is 0.111. The largest absolute Gasteiger partial charge is 0.467 e. The summed E-state index contributed by atoms with van der Waals surface area (Å²) in [7, 11) is 0. The summed E-state index contributed by atoms with van der Waals surface area (Å²) in [5.41, 5.74) is 3.98. The van der Waals surface area contributed by atoms with E-state index in [1.165, 1.54) is 22.2 Å². The van der Waals surface area contributed by atoms with E-state index >= 15 is 0 Å². The summed E-state index contributed by atoms with van der Waals surface area (Å²) in [6, 6.07) is 5.79. The third-order valence-electron chi connectivity index (χ3n) is 5.04. The summed E-state index contributed by atoms with van der Waals surface area (Å²) in [6.07, 6.45) is 3.25. The lowest BCUT2D eigenvalue weighted by molar-refractivity contribution is 0.102. The molecule has 0 unspecified atom stereocenters. The molecule has 0 fully saturated rings. The van der Waals surface area contributed by atoms with Gasteiger partial charge in [-0.25, -0.2) is 9.97 Å². The molecule has 28 heavy (non-hydrogen) atoms. The number of thioether (sulfide) groups is 1. The van der Waals surface area contributed by atoms with Crippen molar-refractivity contribution in [2.45, 2.75) is 39.3 Å². The third kappa shape index (κ3) is 3.40. The van der Waals surface area contributed by atoms with E-state index in [2.05, 4.69) is 28.4 Å². The van der Waals surface area contributed by atoms with Gasteiger partial charge in [-0.3, -0.25) is 4.79 Å². The molecule has 0 bridgehead atoms. The zero-order chi connectivity index (χ0) is 19.8. The molecule has 4 aromatic rings. The molecular formula is C21H21N3O2S2. The number of hydrogen-bond acceptors (Lipinski definition) is 6. The predicted molar refractivity (Wildman–Crippen MR) is 114 cm³/mol. The number of thiophene rings is 1. The fourth-order valence-corrected chi connectivity index (χ4v) is 5.36. The maximum Gasteiger partial charge on any atom is 0.174 e. The zero-order valence-electron chi connectivity index (χ0n) is 16.3. The van der Waals surface area contributed by atoms with Gasteiger partial charge in [0.15, 0.2) is 5.78 Å². The molecule has 0 spiro atoms. The summed E-state index contributed by atoms with van der Waals surface area (Å²) in [5.74, 6) is 1.34. The van der Waals surface area contributed by atoms with E-state index in [4.69, 9.17) is 4.42 Å². The zero-order valence-corrected chi connectivity index (χ0v) is 17.9. The Morgan fingerprint density at radius 3 is 2.82 bits per heavy atom. The van der Waals surface area contributed by atoms with Crippen LogP contribution < -0.4 is 0 Å². The number of ketones is 1. The highest BCUT2D eigenvalue weighted by Crippen LogP contribution is 2.34. The first-order chi connectivity index (χ1) is 13.5. The van der Waals surface area contributed by atoms with Gasteiger partial charge in [0.25, 0.3) is 0 Å². The molecule has 0 atom stereocenters. The van der Waals surface area contributed by atoms with Crippen molar-refractivity contribution in [1.82, 2.24) is 14.5 Å². The van der Waals surface area contributed by atoms with Gasteiger partial charge in [-0.15, -0.1) is 11.3 Å². The molecule has 5 nitrogen and oxygen atoms in total. The second-order valence-corrected chi connectivity index (χ2v) is 8.97. The Kier molecular flexibility index (Phi) is 5.12. The van der Waals surface area contributed by atoms with Crippen LogP contribution in [0.15, 0.2) is 40.2 Å². The van der Waals surface area contributed by atoms with Gasteiger partial charge in [0.2, 0.25) is 0 Å². The first kappa shape index (κ1) is 19.0. The monoisotopic (exact) mass is 411 g/mol. The smallest absolute Gasteiger partial charge is 0.174 e. The first-order valence-corrected chi connectivity index (χ1v) is 10.8. The maximum absolute atomic E-state index is 12.9. The van der Waals surface area contributed by atoms with Crippen LogP contribution in [-0.2, 0) is 6.54 Å². The van der Waals surface area contributed by atoms with Crippen molar-refractivity contribution in [3.63, 3.8) is 0 Å². The van der Waals surface area contributed by atoms with Gasteiger partial charge >= 0.3 is 0 Å². The van der Waals surface area contributed by atoms with E-state index in [0.29, 0.717) is 12.3 Å². The summed E-state index contributed by atoms with van der Waals surface area (Å²) in [6.45, 7) is 8.82. The van der Waals surface area contributed by atoms with E-state index in [-0.39, 0.29) is 5.78 Å². The van der Waals surface area contributed by atoms with E-state index in [1.54, 1.807) is 23.9 Å². The SMILES string of the molecule is Cc1sc2ncnc(SCC(=O)c3cc(C)n(Cc4ccco4)c3C)c2c1C. The number of furan rings is 1. The van der Waals surface area contributed by atoms with Gasteiger partial charge in [0.05, 0.1) is 18.6 Å². The normalized spacial score (nSPS) is 11.4. The fourth-order valence-electron chi connectivity index (χ4n) is 3.36. The van der Waals surface area contributed by atoms with Crippen LogP contribution in [0.25, 0.3) is 10.2 Å². The van der Waals surface area contributed by atoms with Crippen LogP contribution in [0.1, 0.15) is 37.9 Å². The van der Waals surface area contributed by atoms with Crippen molar-refractivity contribution in [2.24, 2.45) is 0 Å². The van der Waals surface area contributed by atoms with E-state index in [0.717, 1.165) is 38.0 Å². The van der Waals surface area contributed by atoms with Crippen LogP contribution in [0.3, 0.4) is 0 Å². The Labute approximate surface area is 171 Å². The predicted octanol–water partition coefficient (Wildman–Crippen LogP) is 5.34. The molecule has 0 saturated carbocycles. The standard InChI is InChI=1S/C21H21N3O2S2/c1-12-8-17(14(3)24(12)9-16-6-5-7-26-16)18(25)10-27-20-19-13(2)15(4)28-21(19)23-11-22-20/h5-8,11H,9-10H2,1-4H3. The van der Waals surface area contributed by atoms with Gasteiger partial charge in [0, 0.05) is 27.2 Å². The van der Waals surface area contributed by atoms with Gasteiger partial charge in [-0.05, 0) is 51.5 Å². The van der Waals surface area contributed by atoms with Gasteiger partial charge in [-0.1, -0.05) is 11.8 Å². The quantitative estimate of drug-likeness (QED) is 0.243. The lowest BCUT2D eigenvalue weighted by Crippen LogP contribution is -2.07. The number of fused-ring (bicyclic) bond motifs is 1. The van der Waals surface area contributed by atoms with Crippen LogP contribution in [0, 0.1) is 27.7 Å². The van der Waals surface area contributed by atoms with Crippen LogP contribution in [0.5, 0.6) is 0 Å². The molecule has 0 amide bonds. The molecule has 0 aliphatic rings. The second kappa shape index (κ2) is 7.56. The number of aryl methyl sites for hydroxylation is 3. The molecule has 0 aliphatic carbocycles. The minimum Gasteiger partial charge on any atom is -0.467 e. The van der Waals surface area contributed by atoms with Crippen molar-refractivity contribution in [2.75, 3.05) is 5.75 Å². The summed E-state index contributed by atoms with van der Waals surface area (Å²) in [5, 5.41) is 1.95. The number of aromatic nitrogens is 3. The first-order valence-electron chi connectivity index (χ1n) is 9.01. The number of nitrogens with zero attached hydrogens (tertiary/aromatic N) is 3. The Hall–Kier alpha value is -2.38. The Bertz CT molecular complexity index is 1160. The molecule has 4 rings (SSSR count). The van der Waals surface area contributed by atoms with Crippen molar-refractivity contribution in [3.05, 3.63) is 63.9 Å². The van der Waals surface area contributed by atoms with Crippen molar-refractivity contribution < 1.29 is 9.21 Å². The molecule has 0 radical (unpaired) electrons. The Balaban J connectivity index is 1.55. The van der Waals surface area contributed by atoms with Gasteiger partial charge in [-0.2, -0.15) is 0 Å². The topological polar surface area (TPSA) is 60.9 Å². The Morgan fingerprint density at radius 1 is 1.25 bits per heavy atom. The van der Waals surface area contributed by atoms with E-state index < -0.39 is 0 Å². The van der Waals surface area contributed by atoms with Gasteiger partial charge in [0.1, 0.15) is 21.9 Å².